The third kappa shape index (κ3) is 2.32. The molecule has 1 aromatic heterocycles. The number of carboxylic acids is 1. The first-order chi connectivity index (χ1) is 6.52. The fourth-order valence-electron chi connectivity index (χ4n) is 1.17. The molecule has 78 valence electrons. The SMILES string of the molecule is Cc1ncn(CCC(N)C(=O)O)c1C. The predicted molar refractivity (Wildman–Crippen MR) is 51.9 cm³/mol. The summed E-state index contributed by atoms with van der Waals surface area (Å²) < 4.78 is 1.91. The van der Waals surface area contributed by atoms with Crippen molar-refractivity contribution in [2.45, 2.75) is 32.9 Å². The summed E-state index contributed by atoms with van der Waals surface area (Å²) in [6, 6.07) is -0.794. The third-order valence-corrected chi connectivity index (χ3v) is 2.34. The summed E-state index contributed by atoms with van der Waals surface area (Å²) in [6.45, 7) is 4.47. The van der Waals surface area contributed by atoms with Gasteiger partial charge in [-0.3, -0.25) is 4.79 Å². The minimum Gasteiger partial charge on any atom is -0.480 e. The smallest absolute Gasteiger partial charge is 0.320 e. The molecule has 0 aliphatic heterocycles. The molecule has 0 amide bonds. The normalized spacial score (nSPS) is 12.8. The Hall–Kier alpha value is -1.36. The molecule has 5 heteroatoms. The molecule has 0 radical (unpaired) electrons. The van der Waals surface area contributed by atoms with E-state index >= 15 is 0 Å². The van der Waals surface area contributed by atoms with Gasteiger partial charge in [0.15, 0.2) is 0 Å². The zero-order valence-corrected chi connectivity index (χ0v) is 8.40. The Balaban J connectivity index is 2.54. The molecule has 0 aromatic carbocycles. The zero-order valence-electron chi connectivity index (χ0n) is 8.40. The molecular formula is C9H15N3O2. The Bertz CT molecular complexity index is 333. The van der Waals surface area contributed by atoms with E-state index in [-0.39, 0.29) is 0 Å². The highest BCUT2D eigenvalue weighted by molar-refractivity contribution is 5.72. The van der Waals surface area contributed by atoms with Crippen molar-refractivity contribution in [2.24, 2.45) is 5.73 Å². The van der Waals surface area contributed by atoms with Gasteiger partial charge in [0.1, 0.15) is 6.04 Å². The van der Waals surface area contributed by atoms with E-state index in [4.69, 9.17) is 10.8 Å². The number of aliphatic carboxylic acids is 1. The molecule has 14 heavy (non-hydrogen) atoms. The topological polar surface area (TPSA) is 81.1 Å². The Morgan fingerprint density at radius 1 is 1.71 bits per heavy atom. The molecule has 3 N–H and O–H groups in total. The summed E-state index contributed by atoms with van der Waals surface area (Å²) in [5, 5.41) is 8.58. The second-order valence-corrected chi connectivity index (χ2v) is 3.34. The predicted octanol–water partition coefficient (Wildman–Crippen LogP) is 0.302. The molecule has 1 heterocycles. The van der Waals surface area contributed by atoms with Crippen LogP contribution in [0.15, 0.2) is 6.33 Å². The Morgan fingerprint density at radius 3 is 2.79 bits per heavy atom. The summed E-state index contributed by atoms with van der Waals surface area (Å²) in [4.78, 5) is 14.6. The summed E-state index contributed by atoms with van der Waals surface area (Å²) in [5.41, 5.74) is 7.41. The molecule has 0 spiro atoms. The van der Waals surface area contributed by atoms with Crippen LogP contribution in [0, 0.1) is 13.8 Å². The van der Waals surface area contributed by atoms with Gasteiger partial charge in [-0.15, -0.1) is 0 Å². The molecule has 0 saturated heterocycles. The summed E-state index contributed by atoms with van der Waals surface area (Å²) in [5.74, 6) is -0.959. The minimum absolute atomic E-state index is 0.423. The summed E-state index contributed by atoms with van der Waals surface area (Å²) in [7, 11) is 0. The first kappa shape index (κ1) is 10.7. The number of aromatic nitrogens is 2. The van der Waals surface area contributed by atoms with Gasteiger partial charge in [-0.2, -0.15) is 0 Å². The Kier molecular flexibility index (Phi) is 3.24. The Morgan fingerprint density at radius 2 is 2.36 bits per heavy atom. The molecule has 0 aliphatic rings. The number of carbonyl (C=O) groups is 1. The number of nitrogens with zero attached hydrogens (tertiary/aromatic N) is 2. The number of hydrogen-bond acceptors (Lipinski definition) is 3. The highest BCUT2D eigenvalue weighted by Crippen LogP contribution is 2.05. The summed E-state index contributed by atoms with van der Waals surface area (Å²) >= 11 is 0. The van der Waals surface area contributed by atoms with Crippen molar-refractivity contribution in [3.63, 3.8) is 0 Å². The maximum absolute atomic E-state index is 10.5. The second-order valence-electron chi connectivity index (χ2n) is 3.34. The van der Waals surface area contributed by atoms with Crippen molar-refractivity contribution >= 4 is 5.97 Å². The molecule has 0 bridgehead atoms. The van der Waals surface area contributed by atoms with Crippen LogP contribution in [0.3, 0.4) is 0 Å². The van der Waals surface area contributed by atoms with Crippen molar-refractivity contribution in [3.05, 3.63) is 17.7 Å². The third-order valence-electron chi connectivity index (χ3n) is 2.34. The van der Waals surface area contributed by atoms with Crippen molar-refractivity contribution in [1.82, 2.24) is 9.55 Å². The van der Waals surface area contributed by atoms with Crippen LogP contribution in [0.1, 0.15) is 17.8 Å². The van der Waals surface area contributed by atoms with Gasteiger partial charge < -0.3 is 15.4 Å². The maximum Gasteiger partial charge on any atom is 0.320 e. The van der Waals surface area contributed by atoms with Gasteiger partial charge in [-0.1, -0.05) is 0 Å². The molecule has 0 saturated carbocycles. The van der Waals surface area contributed by atoms with Crippen LogP contribution in [0.2, 0.25) is 0 Å². The van der Waals surface area contributed by atoms with Crippen LogP contribution < -0.4 is 5.73 Å². The quantitative estimate of drug-likeness (QED) is 0.727. The Labute approximate surface area is 82.6 Å². The van der Waals surface area contributed by atoms with Gasteiger partial charge in [-0.25, -0.2) is 4.98 Å². The van der Waals surface area contributed by atoms with E-state index in [9.17, 15) is 4.79 Å². The highest BCUT2D eigenvalue weighted by Gasteiger charge is 2.11. The lowest BCUT2D eigenvalue weighted by atomic mass is 10.2. The van der Waals surface area contributed by atoms with Gasteiger partial charge in [0.05, 0.1) is 12.0 Å². The molecular weight excluding hydrogens is 182 g/mol. The molecule has 1 atom stereocenters. The van der Waals surface area contributed by atoms with Gasteiger partial charge in [0, 0.05) is 12.2 Å². The average Bonchev–Trinajstić information content (AvgIpc) is 2.44. The van der Waals surface area contributed by atoms with E-state index in [1.165, 1.54) is 0 Å². The van der Waals surface area contributed by atoms with Crippen molar-refractivity contribution < 1.29 is 9.90 Å². The number of nitrogens with two attached hydrogens (primary N) is 1. The molecule has 1 rings (SSSR count). The van der Waals surface area contributed by atoms with E-state index in [1.54, 1.807) is 6.33 Å². The molecule has 1 aromatic rings. The summed E-state index contributed by atoms with van der Waals surface area (Å²) in [6.07, 6.45) is 2.13. The van der Waals surface area contributed by atoms with Crippen LogP contribution in [0.4, 0.5) is 0 Å². The van der Waals surface area contributed by atoms with E-state index in [1.807, 2.05) is 18.4 Å². The highest BCUT2D eigenvalue weighted by atomic mass is 16.4. The number of carboxylic acid groups (broad SMARTS) is 1. The van der Waals surface area contributed by atoms with Crippen molar-refractivity contribution in [2.75, 3.05) is 0 Å². The van der Waals surface area contributed by atoms with E-state index < -0.39 is 12.0 Å². The lowest BCUT2D eigenvalue weighted by molar-refractivity contribution is -0.138. The fraction of sp³-hybridized carbons (Fsp3) is 0.556. The van der Waals surface area contributed by atoms with Crippen LogP contribution in [0.25, 0.3) is 0 Å². The van der Waals surface area contributed by atoms with Crippen molar-refractivity contribution in [3.8, 4) is 0 Å². The standard InChI is InChI=1S/C9H15N3O2/c1-6-7(2)12(5-11-6)4-3-8(10)9(13)14/h5,8H,3-4,10H2,1-2H3,(H,13,14). The first-order valence-corrected chi connectivity index (χ1v) is 4.49. The fourth-order valence-corrected chi connectivity index (χ4v) is 1.17. The number of hydrogen-bond donors (Lipinski definition) is 2. The lowest BCUT2D eigenvalue weighted by Crippen LogP contribution is -2.31. The van der Waals surface area contributed by atoms with Crippen molar-refractivity contribution in [1.29, 1.82) is 0 Å². The zero-order chi connectivity index (χ0) is 10.7. The van der Waals surface area contributed by atoms with Gasteiger partial charge in [0.2, 0.25) is 0 Å². The lowest BCUT2D eigenvalue weighted by Gasteiger charge is -2.08. The van der Waals surface area contributed by atoms with Gasteiger partial charge in [0.25, 0.3) is 0 Å². The number of rotatable bonds is 4. The second kappa shape index (κ2) is 4.23. The minimum atomic E-state index is -0.959. The monoisotopic (exact) mass is 197 g/mol. The molecule has 0 fully saturated rings. The maximum atomic E-state index is 10.5. The van der Waals surface area contributed by atoms with E-state index in [0.29, 0.717) is 13.0 Å². The van der Waals surface area contributed by atoms with Gasteiger partial charge >= 0.3 is 5.97 Å². The molecule has 0 aliphatic carbocycles. The van der Waals surface area contributed by atoms with Crippen LogP contribution in [-0.4, -0.2) is 26.7 Å². The van der Waals surface area contributed by atoms with Crippen LogP contribution in [-0.2, 0) is 11.3 Å². The van der Waals surface area contributed by atoms with Crippen LogP contribution >= 0.6 is 0 Å². The average molecular weight is 197 g/mol. The first-order valence-electron chi connectivity index (χ1n) is 4.49. The van der Waals surface area contributed by atoms with Crippen LogP contribution in [0.5, 0.6) is 0 Å². The van der Waals surface area contributed by atoms with Gasteiger partial charge in [-0.05, 0) is 20.3 Å². The number of imidazole rings is 1. The number of aryl methyl sites for hydroxylation is 2. The van der Waals surface area contributed by atoms with E-state index in [0.717, 1.165) is 11.4 Å². The largest absolute Gasteiger partial charge is 0.480 e. The molecule has 5 nitrogen and oxygen atoms in total. The molecule has 1 unspecified atom stereocenters. The van der Waals surface area contributed by atoms with E-state index in [2.05, 4.69) is 4.98 Å².